The summed E-state index contributed by atoms with van der Waals surface area (Å²) in [5.41, 5.74) is 0. The van der Waals surface area contributed by atoms with Gasteiger partial charge in [0.1, 0.15) is 0 Å². The van der Waals surface area contributed by atoms with Gasteiger partial charge in [-0.15, -0.1) is 0 Å². The number of rotatable bonds is 5. The first-order valence-electron chi connectivity index (χ1n) is 4.34. The molecule has 0 spiro atoms. The van der Waals surface area contributed by atoms with E-state index < -0.39 is 0 Å². The molecule has 0 saturated carbocycles. The van der Waals surface area contributed by atoms with E-state index in [4.69, 9.17) is 5.26 Å². The van der Waals surface area contributed by atoms with E-state index in [-0.39, 0.29) is 5.91 Å². The molecular weight excluding hydrogens is 152 g/mol. The Hall–Kier alpha value is -1.04. The number of nitriles is 1. The van der Waals surface area contributed by atoms with Crippen molar-refractivity contribution in [2.45, 2.75) is 33.1 Å². The lowest BCUT2D eigenvalue weighted by molar-refractivity contribution is -0.121. The molecule has 0 radical (unpaired) electrons. The zero-order valence-corrected chi connectivity index (χ0v) is 7.76. The second-order valence-electron chi connectivity index (χ2n) is 2.98. The fraction of sp³-hybridized carbons (Fsp3) is 0.778. The number of hydrogen-bond acceptors (Lipinski definition) is 2. The van der Waals surface area contributed by atoms with Gasteiger partial charge in [0.25, 0.3) is 0 Å². The molecule has 3 heteroatoms. The Morgan fingerprint density at radius 2 is 2.33 bits per heavy atom. The van der Waals surface area contributed by atoms with Gasteiger partial charge in [-0.05, 0) is 5.92 Å². The van der Waals surface area contributed by atoms with Gasteiger partial charge in [-0.1, -0.05) is 20.3 Å². The Bertz CT molecular complexity index is 172. The molecule has 0 rings (SSSR count). The van der Waals surface area contributed by atoms with Crippen molar-refractivity contribution in [3.8, 4) is 6.07 Å². The molecule has 1 unspecified atom stereocenters. The summed E-state index contributed by atoms with van der Waals surface area (Å²) in [6.45, 7) is 4.59. The average molecular weight is 168 g/mol. The van der Waals surface area contributed by atoms with Crippen LogP contribution in [0.15, 0.2) is 0 Å². The van der Waals surface area contributed by atoms with Crippen molar-refractivity contribution < 1.29 is 4.79 Å². The number of nitrogens with zero attached hydrogens (tertiary/aromatic N) is 1. The number of nitrogens with one attached hydrogen (secondary N) is 1. The number of hydrogen-bond donors (Lipinski definition) is 1. The summed E-state index contributed by atoms with van der Waals surface area (Å²) in [5.74, 6) is 0.492. The van der Waals surface area contributed by atoms with Crippen LogP contribution in [-0.4, -0.2) is 12.5 Å². The molecule has 1 atom stereocenters. The standard InChI is InChI=1S/C9H16N2O/c1-3-8(2)7-9(12)11-6-4-5-10/h8H,3-4,6-7H2,1-2H3,(H,11,12). The van der Waals surface area contributed by atoms with Crippen molar-refractivity contribution in [1.29, 1.82) is 5.26 Å². The smallest absolute Gasteiger partial charge is 0.220 e. The predicted octanol–water partition coefficient (Wildman–Crippen LogP) is 1.45. The lowest BCUT2D eigenvalue weighted by Crippen LogP contribution is -2.25. The van der Waals surface area contributed by atoms with E-state index in [9.17, 15) is 4.79 Å². The first-order chi connectivity index (χ1) is 5.70. The van der Waals surface area contributed by atoms with Gasteiger partial charge in [-0.2, -0.15) is 5.26 Å². The third kappa shape index (κ3) is 5.72. The quantitative estimate of drug-likeness (QED) is 0.632. The molecule has 12 heavy (non-hydrogen) atoms. The number of amides is 1. The van der Waals surface area contributed by atoms with E-state index in [1.807, 2.05) is 13.0 Å². The zero-order valence-electron chi connectivity index (χ0n) is 7.76. The summed E-state index contributed by atoms with van der Waals surface area (Å²) in [7, 11) is 0. The van der Waals surface area contributed by atoms with Gasteiger partial charge in [0.05, 0.1) is 12.5 Å². The van der Waals surface area contributed by atoms with E-state index in [1.165, 1.54) is 0 Å². The predicted molar refractivity (Wildman–Crippen MR) is 47.3 cm³/mol. The van der Waals surface area contributed by atoms with E-state index in [1.54, 1.807) is 0 Å². The van der Waals surface area contributed by atoms with Crippen LogP contribution in [0, 0.1) is 17.2 Å². The first-order valence-corrected chi connectivity index (χ1v) is 4.34. The summed E-state index contributed by atoms with van der Waals surface area (Å²) in [4.78, 5) is 11.1. The molecular formula is C9H16N2O. The third-order valence-electron chi connectivity index (χ3n) is 1.79. The summed E-state index contributed by atoms with van der Waals surface area (Å²) in [6, 6.07) is 1.98. The van der Waals surface area contributed by atoms with E-state index in [2.05, 4.69) is 12.2 Å². The van der Waals surface area contributed by atoms with Crippen molar-refractivity contribution in [3.63, 3.8) is 0 Å². The second-order valence-corrected chi connectivity index (χ2v) is 2.98. The average Bonchev–Trinajstić information content (AvgIpc) is 2.05. The van der Waals surface area contributed by atoms with E-state index in [0.717, 1.165) is 6.42 Å². The molecule has 1 amide bonds. The minimum absolute atomic E-state index is 0.0552. The van der Waals surface area contributed by atoms with E-state index in [0.29, 0.717) is 25.3 Å². The third-order valence-corrected chi connectivity index (χ3v) is 1.79. The minimum atomic E-state index is 0.0552. The maximum Gasteiger partial charge on any atom is 0.220 e. The number of carbonyl (C=O) groups excluding carboxylic acids is 1. The van der Waals surface area contributed by atoms with Crippen LogP contribution in [0.3, 0.4) is 0 Å². The molecule has 0 heterocycles. The Balaban J connectivity index is 3.41. The molecule has 0 aliphatic carbocycles. The monoisotopic (exact) mass is 168 g/mol. The van der Waals surface area contributed by atoms with Crippen LogP contribution < -0.4 is 5.32 Å². The maximum atomic E-state index is 11.1. The van der Waals surface area contributed by atoms with Crippen LogP contribution in [0.25, 0.3) is 0 Å². The maximum absolute atomic E-state index is 11.1. The van der Waals surface area contributed by atoms with Gasteiger partial charge in [0.15, 0.2) is 0 Å². The molecule has 0 aromatic heterocycles. The highest BCUT2D eigenvalue weighted by atomic mass is 16.1. The van der Waals surface area contributed by atoms with Gasteiger partial charge < -0.3 is 5.32 Å². The van der Waals surface area contributed by atoms with Gasteiger partial charge in [0, 0.05) is 13.0 Å². The molecule has 0 aliphatic heterocycles. The highest BCUT2D eigenvalue weighted by Crippen LogP contribution is 2.05. The van der Waals surface area contributed by atoms with Crippen molar-refractivity contribution in [3.05, 3.63) is 0 Å². The Labute approximate surface area is 73.8 Å². The van der Waals surface area contributed by atoms with Crippen LogP contribution in [0.1, 0.15) is 33.1 Å². The molecule has 0 saturated heterocycles. The molecule has 0 aromatic rings. The van der Waals surface area contributed by atoms with Crippen LogP contribution in [0.4, 0.5) is 0 Å². The molecule has 68 valence electrons. The molecule has 1 N–H and O–H groups in total. The fourth-order valence-corrected chi connectivity index (χ4v) is 0.791. The normalized spacial score (nSPS) is 11.8. The highest BCUT2D eigenvalue weighted by molar-refractivity contribution is 5.76. The van der Waals surface area contributed by atoms with Crippen molar-refractivity contribution in [1.82, 2.24) is 5.32 Å². The fourth-order valence-electron chi connectivity index (χ4n) is 0.791. The SMILES string of the molecule is CCC(C)CC(=O)NCCC#N. The van der Waals surface area contributed by atoms with Crippen LogP contribution >= 0.6 is 0 Å². The summed E-state index contributed by atoms with van der Waals surface area (Å²) in [5, 5.41) is 10.9. The topological polar surface area (TPSA) is 52.9 Å². The van der Waals surface area contributed by atoms with Crippen LogP contribution in [0.5, 0.6) is 0 Å². The lowest BCUT2D eigenvalue weighted by atomic mass is 10.1. The summed E-state index contributed by atoms with van der Waals surface area (Å²) >= 11 is 0. The molecule has 0 fully saturated rings. The molecule has 0 bridgehead atoms. The van der Waals surface area contributed by atoms with Crippen molar-refractivity contribution in [2.24, 2.45) is 5.92 Å². The summed E-state index contributed by atoms with van der Waals surface area (Å²) in [6.07, 6.45) is 1.99. The van der Waals surface area contributed by atoms with Gasteiger partial charge in [-0.3, -0.25) is 4.79 Å². The largest absolute Gasteiger partial charge is 0.355 e. The Kier molecular flexibility index (Phi) is 6.08. The van der Waals surface area contributed by atoms with Crippen LogP contribution in [-0.2, 0) is 4.79 Å². The minimum Gasteiger partial charge on any atom is -0.355 e. The first kappa shape index (κ1) is 11.0. The zero-order chi connectivity index (χ0) is 9.40. The summed E-state index contributed by atoms with van der Waals surface area (Å²) < 4.78 is 0. The molecule has 0 aromatic carbocycles. The lowest BCUT2D eigenvalue weighted by Gasteiger charge is -2.07. The van der Waals surface area contributed by atoms with Crippen molar-refractivity contribution >= 4 is 5.91 Å². The van der Waals surface area contributed by atoms with Crippen LogP contribution in [0.2, 0.25) is 0 Å². The van der Waals surface area contributed by atoms with Gasteiger partial charge in [0.2, 0.25) is 5.91 Å². The molecule has 0 aliphatic rings. The second kappa shape index (κ2) is 6.66. The van der Waals surface area contributed by atoms with Crippen molar-refractivity contribution in [2.75, 3.05) is 6.54 Å². The van der Waals surface area contributed by atoms with Gasteiger partial charge in [-0.25, -0.2) is 0 Å². The molecule has 3 nitrogen and oxygen atoms in total. The number of carbonyl (C=O) groups is 1. The Morgan fingerprint density at radius 1 is 1.67 bits per heavy atom. The van der Waals surface area contributed by atoms with E-state index >= 15 is 0 Å². The Morgan fingerprint density at radius 3 is 2.83 bits per heavy atom. The highest BCUT2D eigenvalue weighted by Gasteiger charge is 2.05. The van der Waals surface area contributed by atoms with Gasteiger partial charge >= 0.3 is 0 Å².